The van der Waals surface area contributed by atoms with E-state index in [0.29, 0.717) is 5.13 Å². The molecule has 0 unspecified atom stereocenters. The molecule has 0 radical (unpaired) electrons. The number of thiazole rings is 1. The Morgan fingerprint density at radius 1 is 1.39 bits per heavy atom. The Labute approximate surface area is 109 Å². The van der Waals surface area contributed by atoms with E-state index < -0.39 is 0 Å². The molecule has 0 atom stereocenters. The van der Waals surface area contributed by atoms with Crippen LogP contribution in [-0.4, -0.2) is 28.9 Å². The van der Waals surface area contributed by atoms with Crippen molar-refractivity contribution in [3.63, 3.8) is 0 Å². The van der Waals surface area contributed by atoms with Gasteiger partial charge >= 0.3 is 0 Å². The maximum absolute atomic E-state index is 12.3. The molecule has 2 aromatic rings. The van der Waals surface area contributed by atoms with Crippen LogP contribution in [0.15, 0.2) is 12.1 Å². The molecule has 2 heterocycles. The summed E-state index contributed by atoms with van der Waals surface area (Å²) in [5.74, 6) is 0.129. The Balaban J connectivity index is 2.03. The van der Waals surface area contributed by atoms with E-state index in [-0.39, 0.29) is 5.91 Å². The van der Waals surface area contributed by atoms with Gasteiger partial charge in [0, 0.05) is 18.7 Å². The second-order valence-electron chi connectivity index (χ2n) is 4.69. The van der Waals surface area contributed by atoms with Crippen LogP contribution in [0.1, 0.15) is 28.8 Å². The van der Waals surface area contributed by atoms with Crippen molar-refractivity contribution in [2.75, 3.05) is 18.8 Å². The molecule has 1 aliphatic heterocycles. The highest BCUT2D eigenvalue weighted by Crippen LogP contribution is 2.28. The number of hydrogen-bond donors (Lipinski definition) is 1. The first kappa shape index (κ1) is 11.5. The lowest BCUT2D eigenvalue weighted by atomic mass is 10.1. The number of benzene rings is 1. The number of carbonyl (C=O) groups is 1. The van der Waals surface area contributed by atoms with Gasteiger partial charge in [0.15, 0.2) is 5.13 Å². The number of nitrogens with two attached hydrogens (primary N) is 1. The van der Waals surface area contributed by atoms with E-state index in [1.54, 1.807) is 0 Å². The molecule has 0 saturated carbocycles. The van der Waals surface area contributed by atoms with E-state index in [1.807, 2.05) is 24.0 Å². The maximum atomic E-state index is 12.3. The molecule has 1 saturated heterocycles. The normalized spacial score (nSPS) is 15.5. The minimum Gasteiger partial charge on any atom is -0.375 e. The summed E-state index contributed by atoms with van der Waals surface area (Å²) in [6.45, 7) is 3.73. The lowest BCUT2D eigenvalue weighted by molar-refractivity contribution is 0.0793. The van der Waals surface area contributed by atoms with Gasteiger partial charge in [0.25, 0.3) is 5.91 Å². The number of hydrogen-bond acceptors (Lipinski definition) is 4. The topological polar surface area (TPSA) is 59.2 Å². The highest BCUT2D eigenvalue weighted by molar-refractivity contribution is 7.22. The van der Waals surface area contributed by atoms with Crippen molar-refractivity contribution in [2.45, 2.75) is 19.8 Å². The van der Waals surface area contributed by atoms with E-state index in [1.165, 1.54) is 11.3 Å². The summed E-state index contributed by atoms with van der Waals surface area (Å²) < 4.78 is 0.995. The molecule has 1 aromatic heterocycles. The first-order valence-corrected chi connectivity index (χ1v) is 6.93. The van der Waals surface area contributed by atoms with E-state index in [2.05, 4.69) is 4.98 Å². The van der Waals surface area contributed by atoms with Crippen LogP contribution < -0.4 is 5.73 Å². The molecule has 1 amide bonds. The number of nitrogens with zero attached hydrogens (tertiary/aromatic N) is 2. The fourth-order valence-electron chi connectivity index (χ4n) is 2.44. The van der Waals surface area contributed by atoms with Crippen molar-refractivity contribution in [2.24, 2.45) is 0 Å². The third-order valence-electron chi connectivity index (χ3n) is 3.34. The van der Waals surface area contributed by atoms with Crippen LogP contribution in [0.3, 0.4) is 0 Å². The van der Waals surface area contributed by atoms with Gasteiger partial charge in [0.2, 0.25) is 0 Å². The number of aryl methyl sites for hydroxylation is 1. The summed E-state index contributed by atoms with van der Waals surface area (Å²) in [6.07, 6.45) is 2.22. The van der Waals surface area contributed by atoms with Crippen molar-refractivity contribution in [3.05, 3.63) is 23.3 Å². The SMILES string of the molecule is Cc1cc(C(=O)N2CCCC2)cc2sc(N)nc12. The number of aromatic nitrogens is 1. The Morgan fingerprint density at radius 3 is 2.83 bits per heavy atom. The summed E-state index contributed by atoms with van der Waals surface area (Å²) in [4.78, 5) is 18.5. The van der Waals surface area contributed by atoms with Gasteiger partial charge in [-0.3, -0.25) is 4.79 Å². The lowest BCUT2D eigenvalue weighted by Gasteiger charge is -2.15. The predicted molar refractivity (Wildman–Crippen MR) is 73.9 cm³/mol. The largest absolute Gasteiger partial charge is 0.375 e. The molecule has 5 heteroatoms. The number of rotatable bonds is 1. The molecule has 0 aliphatic carbocycles. The Bertz CT molecular complexity index is 614. The minimum atomic E-state index is 0.129. The number of carbonyl (C=O) groups excluding carboxylic acids is 1. The van der Waals surface area contributed by atoms with Crippen molar-refractivity contribution in [3.8, 4) is 0 Å². The van der Waals surface area contributed by atoms with Crippen LogP contribution >= 0.6 is 11.3 Å². The highest BCUT2D eigenvalue weighted by atomic mass is 32.1. The van der Waals surface area contributed by atoms with Crippen molar-refractivity contribution in [1.82, 2.24) is 9.88 Å². The molecular formula is C13H15N3OS. The molecule has 1 fully saturated rings. The molecular weight excluding hydrogens is 246 g/mol. The zero-order valence-electron chi connectivity index (χ0n) is 10.3. The Hall–Kier alpha value is -1.62. The second kappa shape index (κ2) is 4.24. The van der Waals surface area contributed by atoms with Gasteiger partial charge < -0.3 is 10.6 Å². The molecule has 94 valence electrons. The third kappa shape index (κ3) is 1.84. The van der Waals surface area contributed by atoms with Gasteiger partial charge in [-0.1, -0.05) is 11.3 Å². The zero-order chi connectivity index (χ0) is 12.7. The van der Waals surface area contributed by atoms with Gasteiger partial charge in [0.05, 0.1) is 10.2 Å². The Kier molecular flexibility index (Phi) is 2.70. The number of likely N-dealkylation sites (tertiary alicyclic amines) is 1. The molecule has 3 rings (SSSR count). The van der Waals surface area contributed by atoms with Crippen molar-refractivity contribution in [1.29, 1.82) is 0 Å². The van der Waals surface area contributed by atoms with Crippen molar-refractivity contribution >= 4 is 32.6 Å². The molecule has 0 bridgehead atoms. The fraction of sp³-hybridized carbons (Fsp3) is 0.385. The average molecular weight is 261 g/mol. The quantitative estimate of drug-likeness (QED) is 0.857. The van der Waals surface area contributed by atoms with Gasteiger partial charge in [-0.05, 0) is 37.5 Å². The van der Waals surface area contributed by atoms with Crippen molar-refractivity contribution < 1.29 is 4.79 Å². The smallest absolute Gasteiger partial charge is 0.253 e. The van der Waals surface area contributed by atoms with Crippen LogP contribution in [0.5, 0.6) is 0 Å². The highest BCUT2D eigenvalue weighted by Gasteiger charge is 2.20. The fourth-order valence-corrected chi connectivity index (χ4v) is 3.29. The van der Waals surface area contributed by atoms with E-state index in [9.17, 15) is 4.79 Å². The van der Waals surface area contributed by atoms with Crippen LogP contribution in [0.25, 0.3) is 10.2 Å². The molecule has 2 N–H and O–H groups in total. The number of nitrogen functional groups attached to an aromatic ring is 1. The maximum Gasteiger partial charge on any atom is 0.253 e. The molecule has 1 aromatic carbocycles. The minimum absolute atomic E-state index is 0.129. The third-order valence-corrected chi connectivity index (χ3v) is 4.17. The van der Waals surface area contributed by atoms with Gasteiger partial charge in [0.1, 0.15) is 0 Å². The second-order valence-corrected chi connectivity index (χ2v) is 5.75. The van der Waals surface area contributed by atoms with Crippen LogP contribution in [0, 0.1) is 6.92 Å². The lowest BCUT2D eigenvalue weighted by Crippen LogP contribution is -2.27. The first-order chi connectivity index (χ1) is 8.65. The van der Waals surface area contributed by atoms with E-state index >= 15 is 0 Å². The monoisotopic (exact) mass is 261 g/mol. The van der Waals surface area contributed by atoms with Crippen LogP contribution in [0.4, 0.5) is 5.13 Å². The van der Waals surface area contributed by atoms with E-state index in [4.69, 9.17) is 5.73 Å². The van der Waals surface area contributed by atoms with Gasteiger partial charge in [-0.25, -0.2) is 4.98 Å². The molecule has 4 nitrogen and oxygen atoms in total. The van der Waals surface area contributed by atoms with Gasteiger partial charge in [-0.15, -0.1) is 0 Å². The van der Waals surface area contributed by atoms with Crippen LogP contribution in [-0.2, 0) is 0 Å². The summed E-state index contributed by atoms with van der Waals surface area (Å²) >= 11 is 1.44. The standard InChI is InChI=1S/C13H15N3OS/c1-8-6-9(12(17)16-4-2-3-5-16)7-10-11(8)15-13(14)18-10/h6-7H,2-5H2,1H3,(H2,14,15). The molecule has 18 heavy (non-hydrogen) atoms. The Morgan fingerprint density at radius 2 is 2.11 bits per heavy atom. The number of amides is 1. The summed E-state index contributed by atoms with van der Waals surface area (Å²) in [7, 11) is 0. The summed E-state index contributed by atoms with van der Waals surface area (Å²) in [5, 5.41) is 0.555. The predicted octanol–water partition coefficient (Wildman–Crippen LogP) is 2.42. The van der Waals surface area contributed by atoms with Crippen LogP contribution in [0.2, 0.25) is 0 Å². The molecule has 0 spiro atoms. The summed E-state index contributed by atoms with van der Waals surface area (Å²) in [6, 6.07) is 3.83. The van der Waals surface area contributed by atoms with E-state index in [0.717, 1.165) is 47.3 Å². The molecule has 1 aliphatic rings. The summed E-state index contributed by atoms with van der Waals surface area (Å²) in [5.41, 5.74) is 8.40. The number of anilines is 1. The number of fused-ring (bicyclic) bond motifs is 1. The first-order valence-electron chi connectivity index (χ1n) is 6.11. The average Bonchev–Trinajstić information content (AvgIpc) is 2.96. The van der Waals surface area contributed by atoms with Gasteiger partial charge in [-0.2, -0.15) is 0 Å². The zero-order valence-corrected chi connectivity index (χ0v) is 11.1.